The Labute approximate surface area is 266 Å². The van der Waals surface area contributed by atoms with Crippen LogP contribution in [0.3, 0.4) is 0 Å². The van der Waals surface area contributed by atoms with E-state index >= 15 is 0 Å². The second-order valence-electron chi connectivity index (χ2n) is 13.6. The van der Waals surface area contributed by atoms with Crippen molar-refractivity contribution in [3.8, 4) is 0 Å². The topological polar surface area (TPSA) is 125 Å². The molecule has 1 aliphatic heterocycles. The second-order valence-corrected chi connectivity index (χ2v) is 18.3. The van der Waals surface area contributed by atoms with Crippen molar-refractivity contribution in [3.05, 3.63) is 59.2 Å². The van der Waals surface area contributed by atoms with E-state index in [4.69, 9.17) is 18.6 Å². The molecule has 0 spiro atoms. The quantitative estimate of drug-likeness (QED) is 0.170. The summed E-state index contributed by atoms with van der Waals surface area (Å²) >= 11 is 0. The zero-order valence-corrected chi connectivity index (χ0v) is 28.4. The van der Waals surface area contributed by atoms with E-state index in [1.807, 2.05) is 6.92 Å². The second kappa shape index (κ2) is 11.7. The Morgan fingerprint density at radius 3 is 2.22 bits per heavy atom. The number of carbonyl (C=O) groups excluding carboxylic acids is 4. The molecular formula is C35H46O9Si. The highest BCUT2D eigenvalue weighted by molar-refractivity contribution is 6.73. The van der Waals surface area contributed by atoms with Crippen LogP contribution in [0.5, 0.6) is 0 Å². The van der Waals surface area contributed by atoms with Gasteiger partial charge in [0.1, 0.15) is 12.2 Å². The first-order valence-corrected chi connectivity index (χ1v) is 18.6. The van der Waals surface area contributed by atoms with E-state index in [9.17, 15) is 24.3 Å². The average Bonchev–Trinajstić information content (AvgIpc) is 3.28. The third kappa shape index (κ3) is 4.74. The van der Waals surface area contributed by atoms with Gasteiger partial charge in [-0.2, -0.15) is 0 Å². The molecule has 3 aliphatic carbocycles. The molecule has 0 unspecified atom stereocenters. The summed E-state index contributed by atoms with van der Waals surface area (Å²) in [5.74, 6) is -3.96. The van der Waals surface area contributed by atoms with Crippen LogP contribution in [0.15, 0.2) is 53.6 Å². The average molecular weight is 639 g/mol. The lowest BCUT2D eigenvalue weighted by Crippen LogP contribution is -2.77. The first-order chi connectivity index (χ1) is 21.2. The Morgan fingerprint density at radius 1 is 1.09 bits per heavy atom. The summed E-state index contributed by atoms with van der Waals surface area (Å²) in [6.07, 6.45) is -3.66. The van der Waals surface area contributed by atoms with Gasteiger partial charge in [0.15, 0.2) is 13.9 Å². The van der Waals surface area contributed by atoms with E-state index in [2.05, 4.69) is 27.4 Å². The molecule has 2 saturated carbocycles. The molecule has 1 saturated heterocycles. The minimum Gasteiger partial charge on any atom is -0.457 e. The predicted octanol–water partition coefficient (Wildman–Crippen LogP) is 5.12. The fraction of sp³-hybridized carbons (Fsp3) is 0.600. The summed E-state index contributed by atoms with van der Waals surface area (Å²) < 4.78 is 25.5. The van der Waals surface area contributed by atoms with Gasteiger partial charge in [0.05, 0.1) is 41.1 Å². The summed E-state index contributed by atoms with van der Waals surface area (Å²) in [4.78, 5) is 55.9. The summed E-state index contributed by atoms with van der Waals surface area (Å²) in [5, 5.41) is 11.7. The summed E-state index contributed by atoms with van der Waals surface area (Å²) in [7, 11) is -2.22. The van der Waals surface area contributed by atoms with Gasteiger partial charge in [-0.05, 0) is 63.0 Å². The van der Waals surface area contributed by atoms with Crippen LogP contribution in [0.1, 0.15) is 71.7 Å². The number of Topliss-reactive ketones (excluding diaryl/α,β-unsaturated/α-hetero) is 2. The highest BCUT2D eigenvalue weighted by Gasteiger charge is 2.77. The van der Waals surface area contributed by atoms with Gasteiger partial charge in [-0.15, -0.1) is 0 Å². The van der Waals surface area contributed by atoms with Crippen LogP contribution in [-0.4, -0.2) is 73.6 Å². The molecule has 4 aliphatic rings. The van der Waals surface area contributed by atoms with Gasteiger partial charge in [0.25, 0.3) is 0 Å². The minimum atomic E-state index is -2.22. The van der Waals surface area contributed by atoms with Crippen molar-refractivity contribution < 1.29 is 42.9 Å². The molecule has 0 amide bonds. The van der Waals surface area contributed by atoms with E-state index in [-0.39, 0.29) is 30.6 Å². The summed E-state index contributed by atoms with van der Waals surface area (Å²) in [5.41, 5.74) is -2.95. The molecule has 244 valence electrons. The Kier molecular flexibility index (Phi) is 8.70. The van der Waals surface area contributed by atoms with Crippen LogP contribution in [-0.2, 0) is 33.0 Å². The number of hydrogen-bond acceptors (Lipinski definition) is 9. The Hall–Kier alpha value is -2.92. The lowest BCUT2D eigenvalue weighted by molar-refractivity contribution is -0.332. The van der Waals surface area contributed by atoms with Crippen molar-refractivity contribution in [2.24, 2.45) is 16.7 Å². The van der Waals surface area contributed by atoms with Gasteiger partial charge in [-0.1, -0.05) is 51.1 Å². The van der Waals surface area contributed by atoms with E-state index in [0.717, 1.165) is 18.1 Å². The number of fused-ring (bicyclic) bond motifs is 4. The molecule has 1 heterocycles. The largest absolute Gasteiger partial charge is 0.457 e. The first kappa shape index (κ1) is 33.4. The number of benzene rings is 1. The molecule has 9 nitrogen and oxygen atoms in total. The van der Waals surface area contributed by atoms with Gasteiger partial charge in [-0.3, -0.25) is 14.4 Å². The Balaban J connectivity index is 1.81. The van der Waals surface area contributed by atoms with Crippen molar-refractivity contribution >= 4 is 31.8 Å². The Bertz CT molecular complexity index is 1440. The smallest absolute Gasteiger partial charge is 0.338 e. The van der Waals surface area contributed by atoms with E-state index in [1.165, 1.54) is 13.8 Å². The molecule has 1 aromatic carbocycles. The maximum atomic E-state index is 14.6. The van der Waals surface area contributed by atoms with Gasteiger partial charge >= 0.3 is 11.9 Å². The van der Waals surface area contributed by atoms with E-state index in [1.54, 1.807) is 37.3 Å². The normalized spacial score (nSPS) is 35.9. The van der Waals surface area contributed by atoms with Gasteiger partial charge in [0, 0.05) is 18.9 Å². The molecule has 5 rings (SSSR count). The van der Waals surface area contributed by atoms with Crippen molar-refractivity contribution in [1.82, 2.24) is 0 Å². The number of rotatable bonds is 9. The highest BCUT2D eigenvalue weighted by Crippen LogP contribution is 2.65. The van der Waals surface area contributed by atoms with Crippen LogP contribution in [0.4, 0.5) is 0 Å². The molecule has 8 atom stereocenters. The van der Waals surface area contributed by atoms with Crippen LogP contribution >= 0.6 is 0 Å². The van der Waals surface area contributed by atoms with Gasteiger partial charge < -0.3 is 23.7 Å². The maximum absolute atomic E-state index is 14.6. The van der Waals surface area contributed by atoms with Crippen LogP contribution < -0.4 is 0 Å². The van der Waals surface area contributed by atoms with E-state index < -0.39 is 78.6 Å². The fourth-order valence-corrected chi connectivity index (χ4v) is 11.6. The first-order valence-electron chi connectivity index (χ1n) is 16.1. The maximum Gasteiger partial charge on any atom is 0.338 e. The number of aliphatic hydroxyl groups excluding tert-OH is 1. The van der Waals surface area contributed by atoms with Crippen LogP contribution in [0.25, 0.3) is 0 Å². The molecule has 3 fully saturated rings. The van der Waals surface area contributed by atoms with Gasteiger partial charge in [0.2, 0.25) is 11.6 Å². The van der Waals surface area contributed by atoms with Crippen LogP contribution in [0.2, 0.25) is 18.1 Å². The third-order valence-corrected chi connectivity index (χ3v) is 16.2. The number of ether oxygens (including phenoxy) is 3. The van der Waals surface area contributed by atoms with Crippen molar-refractivity contribution in [3.63, 3.8) is 0 Å². The monoisotopic (exact) mass is 638 g/mol. The molecular weight excluding hydrogens is 592 g/mol. The van der Waals surface area contributed by atoms with E-state index in [0.29, 0.717) is 11.1 Å². The Morgan fingerprint density at radius 2 is 1.71 bits per heavy atom. The molecule has 1 N–H and O–H groups in total. The number of hydrogen-bond donors (Lipinski definition) is 1. The van der Waals surface area contributed by atoms with Crippen molar-refractivity contribution in [2.75, 3.05) is 6.61 Å². The fourth-order valence-electron chi connectivity index (χ4n) is 8.71. The molecule has 45 heavy (non-hydrogen) atoms. The number of aliphatic hydroxyl groups is 1. The minimum absolute atomic E-state index is 0.0277. The number of carbonyl (C=O) groups is 4. The summed E-state index contributed by atoms with van der Waals surface area (Å²) in [6, 6.07) is 11.1. The lowest BCUT2D eigenvalue weighted by Gasteiger charge is -2.63. The van der Waals surface area contributed by atoms with Crippen LogP contribution in [0, 0.1) is 16.7 Å². The molecule has 10 heteroatoms. The lowest BCUT2D eigenvalue weighted by atomic mass is 9.51. The van der Waals surface area contributed by atoms with Crippen molar-refractivity contribution in [1.29, 1.82) is 0 Å². The number of ketones is 2. The third-order valence-electron chi connectivity index (χ3n) is 11.6. The van der Waals surface area contributed by atoms with Gasteiger partial charge in [-0.25, -0.2) is 4.79 Å². The molecule has 0 radical (unpaired) electrons. The molecule has 0 bridgehead atoms. The molecule has 0 aromatic heterocycles. The summed E-state index contributed by atoms with van der Waals surface area (Å²) in [6.45, 7) is 17.0. The predicted molar refractivity (Wildman–Crippen MR) is 169 cm³/mol. The highest BCUT2D eigenvalue weighted by atomic mass is 28.4. The number of esters is 2. The standard InChI is InChI=1S/C35H46O9Si/c1-9-45(10-2,11-3)44-24-18-34(20(4)5)27(21(24)6)28(38)30(39)33(8)25(37)17-26-35(19-41-26,43-22(7)36)29(33)31(34)42-32(40)23-15-13-12-14-16-23/h12-16,24-26,29,31,37H,4,9-11,17-19H2,1-3,5-8H3/t24-,25+,26+,29-,31-,33+,34-,35-/m0/s1. The zero-order chi connectivity index (χ0) is 33.1. The zero-order valence-electron chi connectivity index (χ0n) is 27.4. The SMILES string of the molecule is C=C(C)[C@@]12C[C@H](O[Si](CC)(CC)CC)C(C)=C1C(=O)C(=O)[C@]1(C)[C@H](O)C[C@H]3OC[C@@]3(OC(C)=O)[C@H]1[C@@H]2OC(=O)c1ccccc1. The molecule has 1 aromatic rings. The van der Waals surface area contributed by atoms with Crippen molar-refractivity contribution in [2.45, 2.75) is 109 Å².